The number of halogens is 2. The van der Waals surface area contributed by atoms with E-state index in [1.165, 1.54) is 18.2 Å². The largest absolute Gasteiger partial charge is 0.467 e. The summed E-state index contributed by atoms with van der Waals surface area (Å²) in [5, 5.41) is 1.04. The van der Waals surface area contributed by atoms with Crippen LogP contribution < -0.4 is 4.90 Å². The minimum atomic E-state index is -0.314. The molecule has 0 amide bonds. The number of methoxy groups -OCH3 is 1. The molecule has 23 heavy (non-hydrogen) atoms. The normalized spacial score (nSPS) is 16.3. The van der Waals surface area contributed by atoms with Crippen molar-refractivity contribution >= 4 is 34.9 Å². The van der Waals surface area contributed by atoms with Crippen LogP contribution in [0.2, 0.25) is 10.0 Å². The summed E-state index contributed by atoms with van der Waals surface area (Å²) >= 11 is 12.1. The Hall–Kier alpha value is -1.71. The van der Waals surface area contributed by atoms with Gasteiger partial charge >= 0.3 is 5.97 Å². The molecule has 0 aliphatic carbocycles. The smallest absolute Gasteiger partial charge is 0.328 e. The Morgan fingerprint density at radius 1 is 1.22 bits per heavy atom. The van der Waals surface area contributed by atoms with E-state index < -0.39 is 0 Å². The van der Waals surface area contributed by atoms with Crippen molar-refractivity contribution in [1.82, 2.24) is 0 Å². The van der Waals surface area contributed by atoms with E-state index in [0.717, 1.165) is 11.3 Å². The lowest BCUT2D eigenvalue weighted by Crippen LogP contribution is -2.39. The molecule has 120 valence electrons. The third-order valence-electron chi connectivity index (χ3n) is 4.14. The highest BCUT2D eigenvalue weighted by Crippen LogP contribution is 2.35. The molecule has 0 saturated carbocycles. The zero-order chi connectivity index (χ0) is 16.6. The zero-order valence-electron chi connectivity index (χ0n) is 13.0. The number of hydrogen-bond donors (Lipinski definition) is 0. The SMILES string of the molecule is COC(=O)C1Cc2cc(C)ccc2N1Cc1ccc(Cl)c(Cl)c1. The molecule has 3 nitrogen and oxygen atoms in total. The molecule has 1 heterocycles. The summed E-state index contributed by atoms with van der Waals surface area (Å²) in [5.74, 6) is -0.223. The second kappa shape index (κ2) is 6.42. The van der Waals surface area contributed by atoms with E-state index in [1.807, 2.05) is 12.1 Å². The second-order valence-corrected chi connectivity index (χ2v) is 6.57. The lowest BCUT2D eigenvalue weighted by atomic mass is 10.1. The standard InChI is InChI=1S/C18H17Cl2NO2/c1-11-3-6-16-13(7-11)9-17(18(22)23-2)21(16)10-12-4-5-14(19)15(20)8-12/h3-8,17H,9-10H2,1-2H3. The lowest BCUT2D eigenvalue weighted by molar-refractivity contribution is -0.142. The van der Waals surface area contributed by atoms with Gasteiger partial charge in [-0.15, -0.1) is 0 Å². The summed E-state index contributed by atoms with van der Waals surface area (Å²) in [6.45, 7) is 2.63. The molecule has 0 fully saturated rings. The number of fused-ring (bicyclic) bond motifs is 1. The Bertz CT molecular complexity index is 761. The van der Waals surface area contributed by atoms with Gasteiger partial charge in [0.15, 0.2) is 0 Å². The highest BCUT2D eigenvalue weighted by molar-refractivity contribution is 6.42. The topological polar surface area (TPSA) is 29.5 Å². The summed E-state index contributed by atoms with van der Waals surface area (Å²) in [4.78, 5) is 14.2. The third-order valence-corrected chi connectivity index (χ3v) is 4.88. The zero-order valence-corrected chi connectivity index (χ0v) is 14.5. The van der Waals surface area contributed by atoms with Crippen molar-refractivity contribution in [3.63, 3.8) is 0 Å². The van der Waals surface area contributed by atoms with Crippen molar-refractivity contribution in [3.8, 4) is 0 Å². The number of esters is 1. The van der Waals surface area contributed by atoms with Crippen LogP contribution in [0.25, 0.3) is 0 Å². The van der Waals surface area contributed by atoms with Crippen LogP contribution in [0.5, 0.6) is 0 Å². The van der Waals surface area contributed by atoms with Gasteiger partial charge in [-0.2, -0.15) is 0 Å². The molecule has 0 N–H and O–H groups in total. The van der Waals surface area contributed by atoms with Crippen LogP contribution >= 0.6 is 23.2 Å². The minimum absolute atomic E-state index is 0.223. The first-order chi connectivity index (χ1) is 11.0. The van der Waals surface area contributed by atoms with E-state index in [2.05, 4.69) is 30.0 Å². The Morgan fingerprint density at radius 2 is 2.00 bits per heavy atom. The molecule has 3 rings (SSSR count). The number of carbonyl (C=O) groups is 1. The summed E-state index contributed by atoms with van der Waals surface area (Å²) in [6.07, 6.45) is 0.658. The fourth-order valence-electron chi connectivity index (χ4n) is 3.02. The molecular weight excluding hydrogens is 333 g/mol. The number of benzene rings is 2. The maximum Gasteiger partial charge on any atom is 0.328 e. The number of anilines is 1. The van der Waals surface area contributed by atoms with E-state index in [1.54, 1.807) is 6.07 Å². The molecule has 0 radical (unpaired) electrons. The Kier molecular flexibility index (Phi) is 4.51. The number of hydrogen-bond acceptors (Lipinski definition) is 3. The number of rotatable bonds is 3. The fraction of sp³-hybridized carbons (Fsp3) is 0.278. The van der Waals surface area contributed by atoms with Gasteiger partial charge in [-0.3, -0.25) is 0 Å². The van der Waals surface area contributed by atoms with Gasteiger partial charge in [-0.25, -0.2) is 4.79 Å². The molecule has 5 heteroatoms. The first-order valence-corrected chi connectivity index (χ1v) is 8.13. The van der Waals surface area contributed by atoms with E-state index >= 15 is 0 Å². The number of carbonyl (C=O) groups excluding carboxylic acids is 1. The van der Waals surface area contributed by atoms with Crippen LogP contribution in [-0.2, 0) is 22.5 Å². The van der Waals surface area contributed by atoms with Crippen molar-refractivity contribution in [2.45, 2.75) is 25.9 Å². The summed E-state index contributed by atoms with van der Waals surface area (Å²) in [7, 11) is 1.42. The van der Waals surface area contributed by atoms with Gasteiger partial charge in [0.05, 0.1) is 17.2 Å². The van der Waals surface area contributed by atoms with Gasteiger partial charge in [0, 0.05) is 18.7 Å². The van der Waals surface area contributed by atoms with Gasteiger partial charge in [-0.05, 0) is 36.2 Å². The monoisotopic (exact) mass is 349 g/mol. The molecule has 0 saturated heterocycles. The molecule has 1 aliphatic heterocycles. The first-order valence-electron chi connectivity index (χ1n) is 7.37. The molecule has 2 aromatic rings. The van der Waals surface area contributed by atoms with Gasteiger partial charge in [0.25, 0.3) is 0 Å². The van der Waals surface area contributed by atoms with Crippen molar-refractivity contribution < 1.29 is 9.53 Å². The van der Waals surface area contributed by atoms with Gasteiger partial charge in [0.2, 0.25) is 0 Å². The Morgan fingerprint density at radius 3 is 2.70 bits per heavy atom. The van der Waals surface area contributed by atoms with E-state index in [4.69, 9.17) is 27.9 Å². The van der Waals surface area contributed by atoms with Crippen molar-refractivity contribution in [2.75, 3.05) is 12.0 Å². The lowest BCUT2D eigenvalue weighted by Gasteiger charge is -2.26. The summed E-state index contributed by atoms with van der Waals surface area (Å²) < 4.78 is 4.98. The molecule has 1 unspecified atom stereocenters. The Balaban J connectivity index is 1.96. The molecule has 0 bridgehead atoms. The van der Waals surface area contributed by atoms with Gasteiger partial charge in [0.1, 0.15) is 6.04 Å². The maximum absolute atomic E-state index is 12.2. The van der Waals surface area contributed by atoms with Gasteiger partial charge < -0.3 is 9.64 Å². The summed E-state index contributed by atoms with van der Waals surface area (Å²) in [6, 6.07) is 11.5. The van der Waals surface area contributed by atoms with Crippen LogP contribution in [0.4, 0.5) is 5.69 Å². The molecule has 0 spiro atoms. The van der Waals surface area contributed by atoms with E-state index in [9.17, 15) is 4.79 Å². The highest BCUT2D eigenvalue weighted by atomic mass is 35.5. The number of ether oxygens (including phenoxy) is 1. The average molecular weight is 350 g/mol. The predicted octanol–water partition coefficient (Wildman–Crippen LogP) is 4.41. The van der Waals surface area contributed by atoms with Crippen LogP contribution in [0.15, 0.2) is 36.4 Å². The predicted molar refractivity (Wildman–Crippen MR) is 93.3 cm³/mol. The first kappa shape index (κ1) is 16.2. The minimum Gasteiger partial charge on any atom is -0.467 e. The van der Waals surface area contributed by atoms with E-state index in [0.29, 0.717) is 23.0 Å². The fourth-order valence-corrected chi connectivity index (χ4v) is 3.34. The maximum atomic E-state index is 12.2. The summed E-state index contributed by atoms with van der Waals surface area (Å²) in [5.41, 5.74) is 4.42. The Labute approximate surface area is 145 Å². The molecule has 2 aromatic carbocycles. The van der Waals surface area contributed by atoms with Crippen molar-refractivity contribution in [2.24, 2.45) is 0 Å². The second-order valence-electron chi connectivity index (χ2n) is 5.75. The molecule has 1 aliphatic rings. The van der Waals surface area contributed by atoms with Gasteiger partial charge in [-0.1, -0.05) is 47.0 Å². The van der Waals surface area contributed by atoms with Crippen LogP contribution in [0.1, 0.15) is 16.7 Å². The third kappa shape index (κ3) is 3.17. The van der Waals surface area contributed by atoms with Crippen LogP contribution in [0, 0.1) is 6.92 Å². The van der Waals surface area contributed by atoms with E-state index in [-0.39, 0.29) is 12.0 Å². The quantitative estimate of drug-likeness (QED) is 0.768. The average Bonchev–Trinajstić information content (AvgIpc) is 2.88. The van der Waals surface area contributed by atoms with Crippen molar-refractivity contribution in [1.29, 1.82) is 0 Å². The number of aryl methyl sites for hydroxylation is 1. The molecular formula is C18H17Cl2NO2. The molecule has 1 atom stereocenters. The van der Waals surface area contributed by atoms with Crippen molar-refractivity contribution in [3.05, 3.63) is 63.1 Å². The van der Waals surface area contributed by atoms with Crippen LogP contribution in [0.3, 0.4) is 0 Å². The van der Waals surface area contributed by atoms with Crippen LogP contribution in [-0.4, -0.2) is 19.1 Å². The molecule has 0 aromatic heterocycles. The number of nitrogens with zero attached hydrogens (tertiary/aromatic N) is 1. The highest BCUT2D eigenvalue weighted by Gasteiger charge is 2.35.